The molecule has 106 valence electrons. The van der Waals surface area contributed by atoms with Gasteiger partial charge >= 0.3 is 5.97 Å². The maximum absolute atomic E-state index is 12.3. The molecule has 1 fully saturated rings. The minimum Gasteiger partial charge on any atom is -0.465 e. The first kappa shape index (κ1) is 15.4. The Balaban J connectivity index is 2.69. The molecule has 0 aromatic rings. The molecule has 0 aliphatic heterocycles. The van der Waals surface area contributed by atoms with Gasteiger partial charge < -0.3 is 14.8 Å². The Morgan fingerprint density at radius 1 is 1.33 bits per heavy atom. The Labute approximate surface area is 110 Å². The second-order valence-electron chi connectivity index (χ2n) is 4.80. The molecule has 1 N–H and O–H groups in total. The number of carbonyl (C=O) groups is 1. The van der Waals surface area contributed by atoms with E-state index in [4.69, 9.17) is 9.47 Å². The van der Waals surface area contributed by atoms with E-state index in [-0.39, 0.29) is 5.97 Å². The number of carbonyl (C=O) groups excluding carboxylic acids is 1. The van der Waals surface area contributed by atoms with Crippen LogP contribution in [0.25, 0.3) is 0 Å². The van der Waals surface area contributed by atoms with Crippen molar-refractivity contribution in [1.82, 2.24) is 5.32 Å². The van der Waals surface area contributed by atoms with Gasteiger partial charge in [-0.1, -0.05) is 13.3 Å². The fraction of sp³-hybridized carbons (Fsp3) is 0.929. The number of hydrogen-bond donors (Lipinski definition) is 1. The van der Waals surface area contributed by atoms with Crippen LogP contribution in [0.2, 0.25) is 0 Å². The Hall–Kier alpha value is -0.610. The van der Waals surface area contributed by atoms with E-state index in [1.807, 2.05) is 20.8 Å². The van der Waals surface area contributed by atoms with Crippen LogP contribution in [0.1, 0.15) is 46.5 Å². The van der Waals surface area contributed by atoms with Gasteiger partial charge in [0.2, 0.25) is 0 Å². The smallest absolute Gasteiger partial charge is 0.326 e. The molecule has 4 nitrogen and oxygen atoms in total. The van der Waals surface area contributed by atoms with Crippen LogP contribution in [0.4, 0.5) is 0 Å². The third kappa shape index (κ3) is 3.45. The normalized spacial score (nSPS) is 27.4. The van der Waals surface area contributed by atoms with E-state index in [9.17, 15) is 4.79 Å². The summed E-state index contributed by atoms with van der Waals surface area (Å²) in [6, 6.07) is 0. The molecular formula is C14H27NO3. The molecule has 4 heteroatoms. The van der Waals surface area contributed by atoms with Gasteiger partial charge in [0.15, 0.2) is 0 Å². The van der Waals surface area contributed by atoms with Crippen molar-refractivity contribution in [3.8, 4) is 0 Å². The van der Waals surface area contributed by atoms with Gasteiger partial charge in [-0.05, 0) is 45.6 Å². The lowest BCUT2D eigenvalue weighted by Crippen LogP contribution is -2.55. The number of nitrogens with one attached hydrogen (secondary N) is 1. The van der Waals surface area contributed by atoms with E-state index < -0.39 is 5.54 Å². The molecule has 1 rings (SSSR count). The van der Waals surface area contributed by atoms with Gasteiger partial charge in [0.25, 0.3) is 0 Å². The average molecular weight is 257 g/mol. The van der Waals surface area contributed by atoms with Crippen molar-refractivity contribution in [2.75, 3.05) is 26.4 Å². The van der Waals surface area contributed by atoms with Crippen molar-refractivity contribution >= 4 is 5.97 Å². The van der Waals surface area contributed by atoms with Crippen LogP contribution in [0.5, 0.6) is 0 Å². The monoisotopic (exact) mass is 257 g/mol. The summed E-state index contributed by atoms with van der Waals surface area (Å²) in [5.74, 6) is 0.258. The topological polar surface area (TPSA) is 47.6 Å². The standard InChI is InChI=1S/C14H27NO3/c1-4-15-14(13(16)18-6-3)10-7-8-12(14)9-11-17-5-2/h12,15H,4-11H2,1-3H3. The number of hydrogen-bond acceptors (Lipinski definition) is 4. The summed E-state index contributed by atoms with van der Waals surface area (Å²) >= 11 is 0. The van der Waals surface area contributed by atoms with Crippen LogP contribution >= 0.6 is 0 Å². The minimum atomic E-state index is -0.470. The van der Waals surface area contributed by atoms with Gasteiger partial charge in [0.1, 0.15) is 5.54 Å². The quantitative estimate of drug-likeness (QED) is 0.534. The number of rotatable bonds is 8. The largest absolute Gasteiger partial charge is 0.465 e. The van der Waals surface area contributed by atoms with Crippen LogP contribution in [0, 0.1) is 5.92 Å². The minimum absolute atomic E-state index is 0.0779. The van der Waals surface area contributed by atoms with Crippen molar-refractivity contribution in [3.05, 3.63) is 0 Å². The number of ether oxygens (including phenoxy) is 2. The van der Waals surface area contributed by atoms with Crippen LogP contribution < -0.4 is 5.32 Å². The van der Waals surface area contributed by atoms with E-state index in [1.165, 1.54) is 0 Å². The highest BCUT2D eigenvalue weighted by Crippen LogP contribution is 2.39. The molecule has 1 aliphatic carbocycles. The van der Waals surface area contributed by atoms with Gasteiger partial charge in [0, 0.05) is 13.2 Å². The molecule has 0 bridgehead atoms. The fourth-order valence-corrected chi connectivity index (χ4v) is 2.99. The zero-order valence-corrected chi connectivity index (χ0v) is 12.0. The number of esters is 1. The summed E-state index contributed by atoms with van der Waals surface area (Å²) in [4.78, 5) is 12.3. The highest BCUT2D eigenvalue weighted by molar-refractivity contribution is 5.81. The molecule has 0 saturated heterocycles. The molecule has 0 aromatic heterocycles. The lowest BCUT2D eigenvalue weighted by atomic mass is 9.84. The maximum Gasteiger partial charge on any atom is 0.326 e. The Bertz CT molecular complexity index is 257. The van der Waals surface area contributed by atoms with E-state index in [2.05, 4.69) is 5.32 Å². The van der Waals surface area contributed by atoms with Crippen molar-refractivity contribution < 1.29 is 14.3 Å². The lowest BCUT2D eigenvalue weighted by molar-refractivity contribution is -0.153. The molecular weight excluding hydrogens is 230 g/mol. The summed E-state index contributed by atoms with van der Waals surface area (Å²) in [5.41, 5.74) is -0.470. The molecule has 18 heavy (non-hydrogen) atoms. The average Bonchev–Trinajstić information content (AvgIpc) is 2.75. The van der Waals surface area contributed by atoms with E-state index in [0.717, 1.165) is 45.4 Å². The fourth-order valence-electron chi connectivity index (χ4n) is 2.99. The summed E-state index contributed by atoms with van der Waals surface area (Å²) in [7, 11) is 0. The van der Waals surface area contributed by atoms with E-state index in [0.29, 0.717) is 12.5 Å². The third-order valence-electron chi connectivity index (χ3n) is 3.77. The van der Waals surface area contributed by atoms with Crippen LogP contribution in [0.3, 0.4) is 0 Å². The van der Waals surface area contributed by atoms with Gasteiger partial charge in [0.05, 0.1) is 6.61 Å². The maximum atomic E-state index is 12.3. The van der Waals surface area contributed by atoms with Crippen molar-refractivity contribution in [2.45, 2.75) is 52.0 Å². The predicted octanol–water partition coefficient (Wildman–Crippen LogP) is 2.12. The molecule has 0 aromatic carbocycles. The highest BCUT2D eigenvalue weighted by atomic mass is 16.5. The molecule has 0 radical (unpaired) electrons. The first-order valence-electron chi connectivity index (χ1n) is 7.21. The Morgan fingerprint density at radius 3 is 2.72 bits per heavy atom. The lowest BCUT2D eigenvalue weighted by Gasteiger charge is -2.34. The summed E-state index contributed by atoms with van der Waals surface area (Å²) in [5, 5.41) is 3.39. The summed E-state index contributed by atoms with van der Waals surface area (Å²) < 4.78 is 10.7. The van der Waals surface area contributed by atoms with Crippen molar-refractivity contribution in [3.63, 3.8) is 0 Å². The highest BCUT2D eigenvalue weighted by Gasteiger charge is 2.49. The van der Waals surface area contributed by atoms with Crippen LogP contribution in [0.15, 0.2) is 0 Å². The van der Waals surface area contributed by atoms with Gasteiger partial charge in [-0.25, -0.2) is 0 Å². The first-order chi connectivity index (χ1) is 8.71. The second kappa shape index (κ2) is 7.74. The zero-order chi connectivity index (χ0) is 13.4. The number of likely N-dealkylation sites (N-methyl/N-ethyl adjacent to an activating group) is 1. The molecule has 1 aliphatic rings. The van der Waals surface area contributed by atoms with Gasteiger partial charge in [-0.2, -0.15) is 0 Å². The van der Waals surface area contributed by atoms with Crippen molar-refractivity contribution in [1.29, 1.82) is 0 Å². The zero-order valence-electron chi connectivity index (χ0n) is 12.0. The summed E-state index contributed by atoms with van der Waals surface area (Å²) in [6.45, 7) is 8.61. The molecule has 2 unspecified atom stereocenters. The van der Waals surface area contributed by atoms with Crippen molar-refractivity contribution in [2.24, 2.45) is 5.92 Å². The summed E-state index contributed by atoms with van der Waals surface area (Å²) in [6.07, 6.45) is 3.98. The predicted molar refractivity (Wildman–Crippen MR) is 71.5 cm³/mol. The SMILES string of the molecule is CCNC1(C(=O)OCC)CCCC1CCOCC. The molecule has 2 atom stereocenters. The Kier molecular flexibility index (Phi) is 6.65. The molecule has 0 amide bonds. The first-order valence-corrected chi connectivity index (χ1v) is 7.21. The Morgan fingerprint density at radius 2 is 2.11 bits per heavy atom. The third-order valence-corrected chi connectivity index (χ3v) is 3.77. The van der Waals surface area contributed by atoms with E-state index in [1.54, 1.807) is 0 Å². The van der Waals surface area contributed by atoms with Crippen LogP contribution in [-0.2, 0) is 14.3 Å². The molecule has 1 saturated carbocycles. The second-order valence-corrected chi connectivity index (χ2v) is 4.80. The van der Waals surface area contributed by atoms with Crippen LogP contribution in [-0.4, -0.2) is 37.9 Å². The van der Waals surface area contributed by atoms with E-state index >= 15 is 0 Å². The molecule has 0 spiro atoms. The van der Waals surface area contributed by atoms with Gasteiger partial charge in [-0.15, -0.1) is 0 Å². The molecule has 0 heterocycles. The van der Waals surface area contributed by atoms with Gasteiger partial charge in [-0.3, -0.25) is 4.79 Å².